The Morgan fingerprint density at radius 1 is 1.28 bits per heavy atom. The molecule has 0 radical (unpaired) electrons. The molecule has 1 heterocycles. The summed E-state index contributed by atoms with van der Waals surface area (Å²) in [4.78, 5) is 2.59. The fourth-order valence-electron chi connectivity index (χ4n) is 3.06. The van der Waals surface area contributed by atoms with Gasteiger partial charge in [-0.15, -0.1) is 0 Å². The first-order valence-corrected chi connectivity index (χ1v) is 7.80. The lowest BCUT2D eigenvalue weighted by Crippen LogP contribution is -2.45. The summed E-state index contributed by atoms with van der Waals surface area (Å²) in [6.07, 6.45) is 5.91. The number of aliphatic hydroxyl groups is 1. The van der Waals surface area contributed by atoms with Gasteiger partial charge in [0.1, 0.15) is 0 Å². The first-order chi connectivity index (χ1) is 8.71. The number of nitrogens with zero attached hydrogens (tertiary/aromatic N) is 1. The van der Waals surface area contributed by atoms with E-state index in [-0.39, 0.29) is 0 Å². The second kappa shape index (κ2) is 8.89. The predicted molar refractivity (Wildman–Crippen MR) is 77.8 cm³/mol. The summed E-state index contributed by atoms with van der Waals surface area (Å²) in [5.74, 6) is 0.811. The van der Waals surface area contributed by atoms with Crippen LogP contribution in [-0.4, -0.2) is 48.3 Å². The summed E-state index contributed by atoms with van der Waals surface area (Å²) in [6.45, 7) is 10.9. The second-order valence-electron chi connectivity index (χ2n) is 5.75. The lowest BCUT2D eigenvalue weighted by molar-refractivity contribution is 0.154. The zero-order valence-corrected chi connectivity index (χ0v) is 12.5. The van der Waals surface area contributed by atoms with Gasteiger partial charge in [-0.05, 0) is 64.6 Å². The molecule has 1 aliphatic rings. The fraction of sp³-hybridized carbons (Fsp3) is 1.00. The maximum Gasteiger partial charge on any atom is 0.0445 e. The molecule has 0 spiro atoms. The van der Waals surface area contributed by atoms with Gasteiger partial charge in [-0.3, -0.25) is 0 Å². The van der Waals surface area contributed by atoms with Crippen LogP contribution in [0.1, 0.15) is 52.9 Å². The van der Waals surface area contributed by atoms with Crippen molar-refractivity contribution < 1.29 is 5.11 Å². The molecule has 0 amide bonds. The Bertz CT molecular complexity index is 203. The molecule has 0 aromatic heterocycles. The molecule has 0 bridgehead atoms. The molecule has 1 saturated heterocycles. The van der Waals surface area contributed by atoms with E-state index < -0.39 is 0 Å². The van der Waals surface area contributed by atoms with Crippen molar-refractivity contribution in [2.24, 2.45) is 5.92 Å². The topological polar surface area (TPSA) is 35.5 Å². The molecule has 0 saturated carbocycles. The van der Waals surface area contributed by atoms with Gasteiger partial charge < -0.3 is 15.3 Å². The first-order valence-electron chi connectivity index (χ1n) is 7.80. The van der Waals surface area contributed by atoms with E-state index in [1.165, 1.54) is 38.9 Å². The van der Waals surface area contributed by atoms with Gasteiger partial charge >= 0.3 is 0 Å². The zero-order valence-electron chi connectivity index (χ0n) is 12.5. The molecular weight excluding hydrogens is 224 g/mol. The molecule has 0 aromatic rings. The number of rotatable bonds is 8. The Morgan fingerprint density at radius 2 is 1.94 bits per heavy atom. The van der Waals surface area contributed by atoms with Gasteiger partial charge in [0.05, 0.1) is 0 Å². The molecule has 0 aromatic carbocycles. The van der Waals surface area contributed by atoms with Crippen molar-refractivity contribution in [2.45, 2.75) is 65.0 Å². The highest BCUT2D eigenvalue weighted by Gasteiger charge is 2.24. The van der Waals surface area contributed by atoms with E-state index in [0.717, 1.165) is 18.8 Å². The summed E-state index contributed by atoms with van der Waals surface area (Å²) in [7, 11) is 0. The Kier molecular flexibility index (Phi) is 7.87. The third-order valence-corrected chi connectivity index (χ3v) is 4.35. The van der Waals surface area contributed by atoms with Gasteiger partial charge in [-0.1, -0.05) is 13.8 Å². The van der Waals surface area contributed by atoms with Gasteiger partial charge in [0.15, 0.2) is 0 Å². The van der Waals surface area contributed by atoms with Gasteiger partial charge in [-0.2, -0.15) is 0 Å². The highest BCUT2D eigenvalue weighted by Crippen LogP contribution is 2.21. The molecule has 2 atom stereocenters. The molecule has 1 rings (SSSR count). The average molecular weight is 256 g/mol. The van der Waals surface area contributed by atoms with Crippen LogP contribution in [0.4, 0.5) is 0 Å². The van der Waals surface area contributed by atoms with Crippen LogP contribution >= 0.6 is 0 Å². The second-order valence-corrected chi connectivity index (χ2v) is 5.75. The third-order valence-electron chi connectivity index (χ3n) is 4.35. The van der Waals surface area contributed by atoms with Gasteiger partial charge in [0.2, 0.25) is 0 Å². The van der Waals surface area contributed by atoms with Crippen LogP contribution < -0.4 is 5.32 Å². The highest BCUT2D eigenvalue weighted by molar-refractivity contribution is 4.81. The minimum atomic E-state index is 0.299. The van der Waals surface area contributed by atoms with Crippen LogP contribution in [0, 0.1) is 5.92 Å². The van der Waals surface area contributed by atoms with E-state index in [4.69, 9.17) is 5.11 Å². The molecule has 2 N–H and O–H groups in total. The van der Waals surface area contributed by atoms with Crippen LogP contribution in [0.2, 0.25) is 0 Å². The maximum atomic E-state index is 9.04. The minimum Gasteiger partial charge on any atom is -0.396 e. The van der Waals surface area contributed by atoms with E-state index in [1.807, 2.05) is 0 Å². The lowest BCUT2D eigenvalue weighted by Gasteiger charge is -2.36. The third kappa shape index (κ3) is 5.25. The van der Waals surface area contributed by atoms with E-state index in [9.17, 15) is 0 Å². The van der Waals surface area contributed by atoms with E-state index in [2.05, 4.69) is 31.0 Å². The van der Waals surface area contributed by atoms with Crippen LogP contribution in [0.5, 0.6) is 0 Å². The van der Waals surface area contributed by atoms with Crippen molar-refractivity contribution in [1.82, 2.24) is 10.2 Å². The predicted octanol–water partition coefficient (Wildman–Crippen LogP) is 2.25. The Balaban J connectivity index is 2.28. The monoisotopic (exact) mass is 256 g/mol. The summed E-state index contributed by atoms with van der Waals surface area (Å²) < 4.78 is 0. The fourth-order valence-corrected chi connectivity index (χ4v) is 3.06. The molecule has 108 valence electrons. The first kappa shape index (κ1) is 15.9. The van der Waals surface area contributed by atoms with E-state index in [0.29, 0.717) is 18.7 Å². The van der Waals surface area contributed by atoms with Gasteiger partial charge in [0, 0.05) is 18.7 Å². The number of aliphatic hydroxyl groups excluding tert-OH is 1. The molecule has 1 aliphatic heterocycles. The largest absolute Gasteiger partial charge is 0.396 e. The van der Waals surface area contributed by atoms with Crippen molar-refractivity contribution >= 4 is 0 Å². The maximum absolute atomic E-state index is 9.04. The summed E-state index contributed by atoms with van der Waals surface area (Å²) >= 11 is 0. The van der Waals surface area contributed by atoms with Crippen LogP contribution in [0.15, 0.2) is 0 Å². The smallest absolute Gasteiger partial charge is 0.0445 e. The van der Waals surface area contributed by atoms with Crippen LogP contribution in [-0.2, 0) is 0 Å². The van der Waals surface area contributed by atoms with Crippen molar-refractivity contribution in [3.05, 3.63) is 0 Å². The number of nitrogens with one attached hydrogen (secondary N) is 1. The summed E-state index contributed by atoms with van der Waals surface area (Å²) in [5.41, 5.74) is 0. The molecule has 1 fully saturated rings. The van der Waals surface area contributed by atoms with Crippen molar-refractivity contribution in [3.63, 3.8) is 0 Å². The molecule has 18 heavy (non-hydrogen) atoms. The summed E-state index contributed by atoms with van der Waals surface area (Å²) in [6, 6.07) is 1.07. The van der Waals surface area contributed by atoms with Crippen molar-refractivity contribution in [1.29, 1.82) is 0 Å². The van der Waals surface area contributed by atoms with E-state index in [1.54, 1.807) is 0 Å². The van der Waals surface area contributed by atoms with Gasteiger partial charge in [-0.25, -0.2) is 0 Å². The molecule has 2 unspecified atom stereocenters. The molecule has 3 heteroatoms. The van der Waals surface area contributed by atoms with Gasteiger partial charge in [0.25, 0.3) is 0 Å². The standard InChI is InChI=1S/C15H32N2O/c1-4-9-17-10-6-14(7-11-17)13(3)16-15(5-2)8-12-18/h13-16,18H,4-12H2,1-3H3. The normalized spacial score (nSPS) is 22.0. The van der Waals surface area contributed by atoms with Crippen LogP contribution in [0.3, 0.4) is 0 Å². The van der Waals surface area contributed by atoms with Crippen molar-refractivity contribution in [3.8, 4) is 0 Å². The number of likely N-dealkylation sites (tertiary alicyclic amines) is 1. The number of hydrogen-bond acceptors (Lipinski definition) is 3. The Morgan fingerprint density at radius 3 is 2.44 bits per heavy atom. The molecule has 0 aliphatic carbocycles. The molecular formula is C15H32N2O. The van der Waals surface area contributed by atoms with E-state index >= 15 is 0 Å². The molecule has 3 nitrogen and oxygen atoms in total. The summed E-state index contributed by atoms with van der Waals surface area (Å²) in [5, 5.41) is 12.7. The van der Waals surface area contributed by atoms with Crippen LogP contribution in [0.25, 0.3) is 0 Å². The Hall–Kier alpha value is -0.120. The average Bonchev–Trinajstić information content (AvgIpc) is 2.39. The zero-order chi connectivity index (χ0) is 13.4. The van der Waals surface area contributed by atoms with Crippen molar-refractivity contribution in [2.75, 3.05) is 26.2 Å². The SMILES string of the molecule is CCCN1CCC(C(C)NC(CC)CCO)CC1. The lowest BCUT2D eigenvalue weighted by atomic mass is 9.89. The number of hydrogen-bond donors (Lipinski definition) is 2. The quantitative estimate of drug-likeness (QED) is 0.699. The number of piperidine rings is 1. The minimum absolute atomic E-state index is 0.299. The Labute approximate surface area is 113 Å². The highest BCUT2D eigenvalue weighted by atomic mass is 16.3.